The number of nitrogens with one attached hydrogen (secondary N) is 1. The Hall–Kier alpha value is -2.25. The molecule has 0 bridgehead atoms. The van der Waals surface area contributed by atoms with Crippen molar-refractivity contribution in [1.82, 2.24) is 0 Å². The van der Waals surface area contributed by atoms with Gasteiger partial charge < -0.3 is 10.4 Å². The number of sulfonamides is 1. The van der Waals surface area contributed by atoms with Crippen LogP contribution in [0.25, 0.3) is 0 Å². The molecule has 1 amide bonds. The first-order chi connectivity index (χ1) is 12.3. The number of hydrogen-bond acceptors (Lipinski definition) is 4. The van der Waals surface area contributed by atoms with Crippen molar-refractivity contribution < 1.29 is 18.3 Å². The predicted molar refractivity (Wildman–Crippen MR) is 102 cm³/mol. The zero-order chi connectivity index (χ0) is 18.7. The lowest BCUT2D eigenvalue weighted by molar-refractivity contribution is -0.116. The number of aryl methyl sites for hydroxylation is 1. The molecule has 1 aliphatic heterocycles. The van der Waals surface area contributed by atoms with Gasteiger partial charge in [-0.25, -0.2) is 8.42 Å². The van der Waals surface area contributed by atoms with Crippen LogP contribution in [-0.2, 0) is 21.2 Å². The number of benzene rings is 2. The Kier molecular flexibility index (Phi) is 5.38. The maximum atomic E-state index is 12.2. The van der Waals surface area contributed by atoms with Gasteiger partial charge in [-0.1, -0.05) is 23.7 Å². The number of halogens is 1. The summed E-state index contributed by atoms with van der Waals surface area (Å²) in [6, 6.07) is 11.6. The molecule has 1 heterocycles. The topological polar surface area (TPSA) is 86.7 Å². The van der Waals surface area contributed by atoms with Gasteiger partial charge in [0, 0.05) is 18.0 Å². The number of anilines is 2. The summed E-state index contributed by atoms with van der Waals surface area (Å²) in [4.78, 5) is 12.2. The van der Waals surface area contributed by atoms with E-state index >= 15 is 0 Å². The van der Waals surface area contributed by atoms with Crippen LogP contribution in [0, 0.1) is 0 Å². The summed E-state index contributed by atoms with van der Waals surface area (Å²) in [5.74, 6) is -0.265. The molecule has 3 rings (SSSR count). The lowest BCUT2D eigenvalue weighted by Crippen LogP contribution is -2.25. The van der Waals surface area contributed by atoms with Crippen LogP contribution in [-0.4, -0.2) is 31.7 Å². The summed E-state index contributed by atoms with van der Waals surface area (Å²) in [5.41, 5.74) is 1.62. The highest BCUT2D eigenvalue weighted by atomic mass is 35.5. The molecule has 8 heteroatoms. The van der Waals surface area contributed by atoms with Crippen LogP contribution in [0.5, 0.6) is 5.75 Å². The van der Waals surface area contributed by atoms with Crippen molar-refractivity contribution in [2.24, 2.45) is 0 Å². The van der Waals surface area contributed by atoms with E-state index in [4.69, 9.17) is 11.6 Å². The molecule has 1 aliphatic rings. The predicted octanol–water partition coefficient (Wildman–Crippen LogP) is 3.16. The molecule has 0 aliphatic carbocycles. The third kappa shape index (κ3) is 4.28. The van der Waals surface area contributed by atoms with E-state index in [1.807, 2.05) is 12.1 Å². The average Bonchev–Trinajstić information content (AvgIpc) is 2.95. The molecule has 0 unspecified atom stereocenters. The van der Waals surface area contributed by atoms with Gasteiger partial charge >= 0.3 is 0 Å². The molecule has 2 aromatic carbocycles. The third-order valence-corrected chi connectivity index (χ3v) is 6.32. The van der Waals surface area contributed by atoms with Crippen LogP contribution >= 0.6 is 11.6 Å². The standard InChI is InChI=1S/C18H19ClN2O4S/c19-14-5-2-13(3-6-14)4-9-18(23)20-16-12-15(7-8-17(16)22)21-10-1-11-26(21,24)25/h2-3,5-8,12,22H,1,4,9-11H2,(H,20,23). The Morgan fingerprint density at radius 2 is 1.92 bits per heavy atom. The molecular weight excluding hydrogens is 376 g/mol. The van der Waals surface area contributed by atoms with Gasteiger partial charge in [-0.15, -0.1) is 0 Å². The fourth-order valence-electron chi connectivity index (χ4n) is 2.83. The minimum Gasteiger partial charge on any atom is -0.506 e. The second kappa shape index (κ2) is 7.55. The minimum absolute atomic E-state index is 0.106. The molecule has 0 spiro atoms. The van der Waals surface area contributed by atoms with Crippen molar-refractivity contribution in [2.75, 3.05) is 21.9 Å². The molecule has 0 saturated carbocycles. The molecule has 0 radical (unpaired) electrons. The van der Waals surface area contributed by atoms with Gasteiger partial charge in [0.25, 0.3) is 0 Å². The first kappa shape index (κ1) is 18.5. The summed E-state index contributed by atoms with van der Waals surface area (Å²) >= 11 is 5.83. The number of phenolic OH excluding ortho intramolecular Hbond substituents is 1. The van der Waals surface area contributed by atoms with E-state index in [1.54, 1.807) is 12.1 Å². The number of hydrogen-bond donors (Lipinski definition) is 2. The third-order valence-electron chi connectivity index (χ3n) is 4.20. The zero-order valence-corrected chi connectivity index (χ0v) is 15.6. The summed E-state index contributed by atoms with van der Waals surface area (Å²) in [6.45, 7) is 0.400. The van der Waals surface area contributed by atoms with E-state index in [0.29, 0.717) is 30.1 Å². The average molecular weight is 395 g/mol. The number of carbonyl (C=O) groups excluding carboxylic acids is 1. The number of nitrogens with zero attached hydrogens (tertiary/aromatic N) is 1. The van der Waals surface area contributed by atoms with Gasteiger partial charge in [-0.2, -0.15) is 0 Å². The lowest BCUT2D eigenvalue weighted by atomic mass is 10.1. The van der Waals surface area contributed by atoms with Crippen LogP contribution < -0.4 is 9.62 Å². The number of phenols is 1. The monoisotopic (exact) mass is 394 g/mol. The molecule has 138 valence electrons. The Balaban J connectivity index is 1.68. The molecular formula is C18H19ClN2O4S. The Morgan fingerprint density at radius 1 is 1.19 bits per heavy atom. The van der Waals surface area contributed by atoms with Crippen molar-refractivity contribution in [1.29, 1.82) is 0 Å². The molecule has 0 aromatic heterocycles. The van der Waals surface area contributed by atoms with Crippen molar-refractivity contribution in [3.8, 4) is 5.75 Å². The summed E-state index contributed by atoms with van der Waals surface area (Å²) in [5, 5.41) is 13.3. The Bertz CT molecular complexity index is 913. The Labute approximate surface area is 157 Å². The second-order valence-electron chi connectivity index (χ2n) is 6.12. The van der Waals surface area contributed by atoms with Gasteiger partial charge in [-0.3, -0.25) is 9.10 Å². The maximum absolute atomic E-state index is 12.2. The van der Waals surface area contributed by atoms with Crippen molar-refractivity contribution in [3.63, 3.8) is 0 Å². The number of amides is 1. The van der Waals surface area contributed by atoms with E-state index < -0.39 is 10.0 Å². The lowest BCUT2D eigenvalue weighted by Gasteiger charge is -2.18. The van der Waals surface area contributed by atoms with E-state index in [1.165, 1.54) is 22.5 Å². The molecule has 26 heavy (non-hydrogen) atoms. The highest BCUT2D eigenvalue weighted by molar-refractivity contribution is 7.93. The van der Waals surface area contributed by atoms with Crippen LogP contribution in [0.4, 0.5) is 11.4 Å². The van der Waals surface area contributed by atoms with E-state index in [2.05, 4.69) is 5.32 Å². The van der Waals surface area contributed by atoms with E-state index in [0.717, 1.165) is 5.56 Å². The highest BCUT2D eigenvalue weighted by Gasteiger charge is 2.28. The molecule has 6 nitrogen and oxygen atoms in total. The van der Waals surface area contributed by atoms with E-state index in [-0.39, 0.29) is 29.5 Å². The fourth-order valence-corrected chi connectivity index (χ4v) is 4.51. The van der Waals surface area contributed by atoms with Gasteiger partial charge in [0.2, 0.25) is 15.9 Å². The normalized spacial score (nSPS) is 15.8. The fraction of sp³-hybridized carbons (Fsp3) is 0.278. The summed E-state index contributed by atoms with van der Waals surface area (Å²) in [6.07, 6.45) is 1.32. The van der Waals surface area contributed by atoms with Gasteiger partial charge in [0.1, 0.15) is 5.75 Å². The first-order valence-electron chi connectivity index (χ1n) is 8.23. The summed E-state index contributed by atoms with van der Waals surface area (Å²) in [7, 11) is -3.32. The molecule has 1 saturated heterocycles. The number of carbonyl (C=O) groups is 1. The number of rotatable bonds is 5. The zero-order valence-electron chi connectivity index (χ0n) is 14.0. The molecule has 0 atom stereocenters. The second-order valence-corrected chi connectivity index (χ2v) is 8.57. The van der Waals surface area contributed by atoms with Crippen LogP contribution in [0.3, 0.4) is 0 Å². The molecule has 2 aromatic rings. The highest BCUT2D eigenvalue weighted by Crippen LogP contribution is 2.32. The van der Waals surface area contributed by atoms with Gasteiger partial charge in [0.15, 0.2) is 0 Å². The van der Waals surface area contributed by atoms with Gasteiger partial charge in [-0.05, 0) is 48.7 Å². The quantitative estimate of drug-likeness (QED) is 0.762. The van der Waals surface area contributed by atoms with Crippen molar-refractivity contribution >= 4 is 38.9 Å². The van der Waals surface area contributed by atoms with Crippen molar-refractivity contribution in [2.45, 2.75) is 19.3 Å². The first-order valence-corrected chi connectivity index (χ1v) is 10.2. The Morgan fingerprint density at radius 3 is 2.58 bits per heavy atom. The maximum Gasteiger partial charge on any atom is 0.235 e. The summed E-state index contributed by atoms with van der Waals surface area (Å²) < 4.78 is 25.4. The van der Waals surface area contributed by atoms with Crippen LogP contribution in [0.15, 0.2) is 42.5 Å². The minimum atomic E-state index is -3.32. The van der Waals surface area contributed by atoms with Gasteiger partial charge in [0.05, 0.1) is 17.1 Å². The van der Waals surface area contributed by atoms with Crippen LogP contribution in [0.2, 0.25) is 5.02 Å². The van der Waals surface area contributed by atoms with E-state index in [9.17, 15) is 18.3 Å². The smallest absolute Gasteiger partial charge is 0.235 e. The van der Waals surface area contributed by atoms with Crippen molar-refractivity contribution in [3.05, 3.63) is 53.1 Å². The largest absolute Gasteiger partial charge is 0.506 e. The molecule has 2 N–H and O–H groups in total. The molecule has 1 fully saturated rings. The van der Waals surface area contributed by atoms with Crippen LogP contribution in [0.1, 0.15) is 18.4 Å². The SMILES string of the molecule is O=C(CCc1ccc(Cl)cc1)Nc1cc(N2CCCS2(=O)=O)ccc1O. The number of aromatic hydroxyl groups is 1.